The van der Waals surface area contributed by atoms with Gasteiger partial charge < -0.3 is 5.32 Å². The Labute approximate surface area is 129 Å². The van der Waals surface area contributed by atoms with Gasteiger partial charge in [0.15, 0.2) is 10.8 Å². The summed E-state index contributed by atoms with van der Waals surface area (Å²) in [7, 11) is 0. The highest BCUT2D eigenvalue weighted by Gasteiger charge is 2.14. The van der Waals surface area contributed by atoms with Gasteiger partial charge in [-0.1, -0.05) is 11.6 Å². The molecule has 7 heteroatoms. The van der Waals surface area contributed by atoms with Crippen LogP contribution in [0.15, 0.2) is 17.5 Å². The zero-order chi connectivity index (χ0) is 15.1. The van der Waals surface area contributed by atoms with Gasteiger partial charge in [0.2, 0.25) is 0 Å². The molecule has 3 aromatic rings. The van der Waals surface area contributed by atoms with Crippen LogP contribution < -0.4 is 5.32 Å². The van der Waals surface area contributed by atoms with Gasteiger partial charge in [-0.2, -0.15) is 0 Å². The third-order valence-electron chi connectivity index (χ3n) is 3.27. The Morgan fingerprint density at radius 3 is 2.81 bits per heavy atom. The van der Waals surface area contributed by atoms with E-state index in [1.165, 1.54) is 0 Å². The van der Waals surface area contributed by atoms with Crippen LogP contribution in [0.25, 0.3) is 4.96 Å². The first-order chi connectivity index (χ1) is 9.97. The fourth-order valence-electron chi connectivity index (χ4n) is 2.26. The van der Waals surface area contributed by atoms with Crippen LogP contribution in [0.5, 0.6) is 0 Å². The summed E-state index contributed by atoms with van der Waals surface area (Å²) in [6.45, 7) is 4.24. The lowest BCUT2D eigenvalue weighted by atomic mass is 10.2. The molecule has 1 N–H and O–H groups in total. The molecule has 0 aliphatic carbocycles. The molecule has 2 heterocycles. The fourth-order valence-corrected chi connectivity index (χ4v) is 3.45. The second-order valence-electron chi connectivity index (χ2n) is 4.74. The maximum atomic E-state index is 13.8. The van der Waals surface area contributed by atoms with E-state index >= 15 is 0 Å². The topological polar surface area (TPSA) is 29.3 Å². The largest absolute Gasteiger partial charge is 0.376 e. The molecule has 3 rings (SSSR count). The molecule has 0 bridgehead atoms. The molecule has 110 valence electrons. The highest BCUT2D eigenvalue weighted by Crippen LogP contribution is 2.28. The van der Waals surface area contributed by atoms with Crippen molar-refractivity contribution in [2.75, 3.05) is 5.32 Å². The van der Waals surface area contributed by atoms with Crippen LogP contribution in [-0.4, -0.2) is 9.38 Å². The lowest BCUT2D eigenvalue weighted by Crippen LogP contribution is -2.06. The third kappa shape index (κ3) is 2.49. The van der Waals surface area contributed by atoms with E-state index in [1.54, 1.807) is 11.3 Å². The van der Waals surface area contributed by atoms with Gasteiger partial charge in [-0.3, -0.25) is 4.40 Å². The number of rotatable bonds is 3. The first kappa shape index (κ1) is 14.3. The average molecular weight is 328 g/mol. The van der Waals surface area contributed by atoms with Crippen molar-refractivity contribution in [1.29, 1.82) is 0 Å². The van der Waals surface area contributed by atoms with Gasteiger partial charge >= 0.3 is 0 Å². The van der Waals surface area contributed by atoms with Crippen LogP contribution >= 0.6 is 22.9 Å². The second-order valence-corrected chi connectivity index (χ2v) is 5.98. The molecule has 0 amide bonds. The number of anilines is 1. The Morgan fingerprint density at radius 1 is 1.33 bits per heavy atom. The minimum Gasteiger partial charge on any atom is -0.376 e. The Kier molecular flexibility index (Phi) is 3.59. The van der Waals surface area contributed by atoms with Crippen molar-refractivity contribution in [3.05, 3.63) is 51.3 Å². The molecule has 0 unspecified atom stereocenters. The molecular formula is C14H12ClF2N3S. The summed E-state index contributed by atoms with van der Waals surface area (Å²) in [4.78, 5) is 5.36. The number of hydrogen-bond acceptors (Lipinski definition) is 3. The summed E-state index contributed by atoms with van der Waals surface area (Å²) in [6.07, 6.45) is 0. The summed E-state index contributed by atoms with van der Waals surface area (Å²) < 4.78 is 28.8. The number of fused-ring (bicyclic) bond motifs is 1. The molecule has 0 saturated heterocycles. The molecule has 0 saturated carbocycles. The number of nitrogens with one attached hydrogen (secondary N) is 1. The van der Waals surface area contributed by atoms with Gasteiger partial charge in [0.1, 0.15) is 5.82 Å². The van der Waals surface area contributed by atoms with E-state index in [9.17, 15) is 8.78 Å². The van der Waals surface area contributed by atoms with E-state index in [-0.39, 0.29) is 10.7 Å². The highest BCUT2D eigenvalue weighted by molar-refractivity contribution is 7.15. The van der Waals surface area contributed by atoms with Crippen molar-refractivity contribution in [3.8, 4) is 0 Å². The van der Waals surface area contributed by atoms with Crippen LogP contribution in [0.2, 0.25) is 5.02 Å². The van der Waals surface area contributed by atoms with E-state index in [4.69, 9.17) is 11.6 Å². The number of thiazole rings is 1. The molecule has 2 aromatic heterocycles. The molecule has 0 fully saturated rings. The molecule has 1 aromatic carbocycles. The molecule has 3 nitrogen and oxygen atoms in total. The molecule has 0 radical (unpaired) electrons. The summed E-state index contributed by atoms with van der Waals surface area (Å²) in [5.74, 6) is -1.40. The Balaban J connectivity index is 1.94. The molecular weight excluding hydrogens is 316 g/mol. The van der Waals surface area contributed by atoms with Crippen LogP contribution in [0.4, 0.5) is 14.5 Å². The van der Waals surface area contributed by atoms with Gasteiger partial charge in [0.05, 0.1) is 28.6 Å². The lowest BCUT2D eigenvalue weighted by molar-refractivity contribution is 0.585. The van der Waals surface area contributed by atoms with Crippen molar-refractivity contribution in [3.63, 3.8) is 0 Å². The Morgan fingerprint density at radius 2 is 2.10 bits per heavy atom. The SMILES string of the molecule is Cc1nc2scc(C)n2c1CNc1c(F)cc(F)cc1Cl. The standard InChI is InChI=1S/C14H12ClF2N3S/c1-7-6-21-14-19-8(2)12(20(7)14)5-18-13-10(15)3-9(16)4-11(13)17/h3-4,6,18H,5H2,1-2H3. The van der Waals surface area contributed by atoms with E-state index in [0.717, 1.165) is 34.2 Å². The number of benzene rings is 1. The van der Waals surface area contributed by atoms with Crippen LogP contribution in [0.1, 0.15) is 17.1 Å². The van der Waals surface area contributed by atoms with E-state index in [2.05, 4.69) is 10.3 Å². The summed E-state index contributed by atoms with van der Waals surface area (Å²) in [6, 6.07) is 1.89. The monoisotopic (exact) mass is 327 g/mol. The van der Waals surface area contributed by atoms with E-state index in [0.29, 0.717) is 6.54 Å². The van der Waals surface area contributed by atoms with Gasteiger partial charge in [0.25, 0.3) is 0 Å². The lowest BCUT2D eigenvalue weighted by Gasteiger charge is -2.10. The fraction of sp³-hybridized carbons (Fsp3) is 0.214. The van der Waals surface area contributed by atoms with Crippen LogP contribution in [0, 0.1) is 25.5 Å². The number of halogens is 3. The Hall–Kier alpha value is -1.66. The van der Waals surface area contributed by atoms with Gasteiger partial charge in [0, 0.05) is 17.1 Å². The van der Waals surface area contributed by atoms with Crippen molar-refractivity contribution >= 4 is 33.6 Å². The maximum absolute atomic E-state index is 13.8. The predicted octanol–water partition coefficient (Wildman–Crippen LogP) is 4.56. The van der Waals surface area contributed by atoms with Crippen molar-refractivity contribution < 1.29 is 8.78 Å². The minimum absolute atomic E-state index is 0.0213. The first-order valence-corrected chi connectivity index (χ1v) is 7.53. The molecule has 0 aliphatic rings. The zero-order valence-electron chi connectivity index (χ0n) is 11.4. The number of aryl methyl sites for hydroxylation is 2. The van der Waals surface area contributed by atoms with Gasteiger partial charge in [-0.05, 0) is 19.9 Å². The number of hydrogen-bond donors (Lipinski definition) is 1. The van der Waals surface area contributed by atoms with E-state index in [1.807, 2.05) is 23.6 Å². The number of nitrogens with zero attached hydrogens (tertiary/aromatic N) is 2. The Bertz CT molecular complexity index is 802. The van der Waals surface area contributed by atoms with Crippen LogP contribution in [0.3, 0.4) is 0 Å². The van der Waals surface area contributed by atoms with Crippen LogP contribution in [-0.2, 0) is 6.54 Å². The third-order valence-corrected chi connectivity index (χ3v) is 4.51. The summed E-state index contributed by atoms with van der Waals surface area (Å²) in [5, 5.41) is 4.96. The molecule has 0 atom stereocenters. The zero-order valence-corrected chi connectivity index (χ0v) is 12.9. The maximum Gasteiger partial charge on any atom is 0.194 e. The summed E-state index contributed by atoms with van der Waals surface area (Å²) >= 11 is 7.43. The number of imidazole rings is 1. The molecule has 0 aliphatic heterocycles. The quantitative estimate of drug-likeness (QED) is 0.764. The van der Waals surface area contributed by atoms with Gasteiger partial charge in [-0.15, -0.1) is 11.3 Å². The summed E-state index contributed by atoms with van der Waals surface area (Å²) in [5.41, 5.74) is 2.97. The van der Waals surface area contributed by atoms with E-state index < -0.39 is 11.6 Å². The number of aromatic nitrogens is 2. The second kappa shape index (κ2) is 5.27. The molecule has 21 heavy (non-hydrogen) atoms. The predicted molar refractivity (Wildman–Crippen MR) is 81.2 cm³/mol. The minimum atomic E-state index is -0.708. The smallest absolute Gasteiger partial charge is 0.194 e. The average Bonchev–Trinajstić information content (AvgIpc) is 2.89. The van der Waals surface area contributed by atoms with Crippen molar-refractivity contribution in [2.45, 2.75) is 20.4 Å². The highest BCUT2D eigenvalue weighted by atomic mass is 35.5. The normalized spacial score (nSPS) is 11.3. The first-order valence-electron chi connectivity index (χ1n) is 6.28. The van der Waals surface area contributed by atoms with Crippen molar-refractivity contribution in [1.82, 2.24) is 9.38 Å². The van der Waals surface area contributed by atoms with Gasteiger partial charge in [-0.25, -0.2) is 13.8 Å². The molecule has 0 spiro atoms. The van der Waals surface area contributed by atoms with Crippen molar-refractivity contribution in [2.24, 2.45) is 0 Å².